The van der Waals surface area contributed by atoms with Gasteiger partial charge in [-0.1, -0.05) is 82.6 Å². The van der Waals surface area contributed by atoms with E-state index in [1.807, 2.05) is 45.9 Å². The summed E-state index contributed by atoms with van der Waals surface area (Å²) in [6.07, 6.45) is -4.40. The van der Waals surface area contributed by atoms with Gasteiger partial charge in [0, 0.05) is 0 Å². The van der Waals surface area contributed by atoms with E-state index >= 15 is 0 Å². The molecular weight excluding hydrogens is 767 g/mol. The van der Waals surface area contributed by atoms with Crippen molar-refractivity contribution in [3.63, 3.8) is 0 Å². The number of para-hydroxylation sites is 1. The molecule has 0 aliphatic heterocycles. The predicted molar refractivity (Wildman–Crippen MR) is 147 cm³/mol. The van der Waals surface area contributed by atoms with E-state index in [2.05, 4.69) is 32.6 Å². The molecule has 1 aromatic carbocycles. The average molecular weight is 793 g/mol. The van der Waals surface area contributed by atoms with Crippen LogP contribution in [0.1, 0.15) is 62.0 Å². The maximum atomic E-state index is 13.2. The minimum atomic E-state index is -4.66. The van der Waals surface area contributed by atoms with Gasteiger partial charge < -0.3 is 9.36 Å². The molecular formula is C30H25F6N7Pt. The Morgan fingerprint density at radius 3 is 1.36 bits per heavy atom. The zero-order valence-corrected chi connectivity index (χ0v) is 26.0. The van der Waals surface area contributed by atoms with E-state index < -0.39 is 23.7 Å². The molecule has 5 aromatic rings. The summed E-state index contributed by atoms with van der Waals surface area (Å²) in [5.41, 5.74) is 0.364. The van der Waals surface area contributed by atoms with Gasteiger partial charge >= 0.3 is 33.4 Å². The first-order valence-electron chi connectivity index (χ1n) is 13.2. The number of nitrogens with zero attached hydrogens (tertiary/aromatic N) is 7. The first-order chi connectivity index (χ1) is 20.2. The third-order valence-corrected chi connectivity index (χ3v) is 6.54. The first-order valence-corrected chi connectivity index (χ1v) is 13.2. The maximum absolute atomic E-state index is 13.2. The Hall–Kier alpha value is -3.99. The van der Waals surface area contributed by atoms with Crippen molar-refractivity contribution < 1.29 is 47.4 Å². The molecule has 232 valence electrons. The molecule has 0 unspecified atom stereocenters. The molecule has 0 amide bonds. The number of alkyl halides is 6. The van der Waals surface area contributed by atoms with E-state index in [9.17, 15) is 26.3 Å². The summed E-state index contributed by atoms with van der Waals surface area (Å²) >= 11 is 0. The van der Waals surface area contributed by atoms with Gasteiger partial charge in [0.2, 0.25) is 0 Å². The smallest absolute Gasteiger partial charge is 0.343 e. The summed E-state index contributed by atoms with van der Waals surface area (Å²) in [6, 6.07) is 16.9. The molecule has 4 heterocycles. The molecule has 0 saturated heterocycles. The van der Waals surface area contributed by atoms with Crippen LogP contribution < -0.4 is 4.90 Å². The van der Waals surface area contributed by atoms with Crippen molar-refractivity contribution >= 4 is 17.3 Å². The molecule has 0 fully saturated rings. The second kappa shape index (κ2) is 12.6. The molecule has 44 heavy (non-hydrogen) atoms. The molecule has 0 spiro atoms. The fourth-order valence-electron chi connectivity index (χ4n) is 4.51. The molecule has 0 N–H and O–H groups in total. The Labute approximate surface area is 263 Å². The Morgan fingerprint density at radius 1 is 0.636 bits per heavy atom. The van der Waals surface area contributed by atoms with Gasteiger partial charge in [-0.3, -0.25) is 25.1 Å². The molecule has 0 atom stereocenters. The summed E-state index contributed by atoms with van der Waals surface area (Å²) in [6.45, 7) is 8.07. The number of hydrogen-bond donors (Lipinski definition) is 0. The van der Waals surface area contributed by atoms with E-state index in [0.29, 0.717) is 0 Å². The van der Waals surface area contributed by atoms with Crippen molar-refractivity contribution in [2.75, 3.05) is 4.90 Å². The molecule has 0 aliphatic carbocycles. The number of pyridine rings is 2. The van der Waals surface area contributed by atoms with Crippen molar-refractivity contribution in [1.29, 1.82) is 0 Å². The molecule has 5 rings (SSSR count). The van der Waals surface area contributed by atoms with Crippen LogP contribution in [0.5, 0.6) is 0 Å². The first kappa shape index (κ1) is 32.9. The standard InChI is InChI=1S/C30H25F6N7.Pt/c1-18(2)20-8-5-9-21(19(3)4)28(20)43(26-12-6-10-24(37-26)41-16-14-22(39-41)29(31,32)33)27-13-7-11-25(38-27)42-17-15-23(40-42)30(34,35)36;/h5-15,18-19H,1-4H3;/q-2;+2. The van der Waals surface area contributed by atoms with Crippen molar-refractivity contribution in [3.8, 4) is 11.6 Å². The van der Waals surface area contributed by atoms with Crippen molar-refractivity contribution in [2.45, 2.75) is 51.9 Å². The van der Waals surface area contributed by atoms with Gasteiger partial charge in [-0.2, -0.15) is 26.3 Å². The van der Waals surface area contributed by atoms with E-state index in [0.717, 1.165) is 38.3 Å². The van der Waals surface area contributed by atoms with E-state index in [-0.39, 0.29) is 56.2 Å². The third kappa shape index (κ3) is 6.72. The molecule has 0 bridgehead atoms. The molecule has 0 radical (unpaired) electrons. The van der Waals surface area contributed by atoms with E-state index in [1.54, 1.807) is 29.2 Å². The van der Waals surface area contributed by atoms with Crippen LogP contribution >= 0.6 is 0 Å². The van der Waals surface area contributed by atoms with Crippen molar-refractivity contribution in [3.05, 3.63) is 102 Å². The third-order valence-electron chi connectivity index (χ3n) is 6.54. The van der Waals surface area contributed by atoms with Crippen LogP contribution in [0, 0.1) is 12.4 Å². The second-order valence-electron chi connectivity index (χ2n) is 10.3. The number of anilines is 3. The summed E-state index contributed by atoms with van der Waals surface area (Å²) in [7, 11) is 0. The molecule has 14 heteroatoms. The number of benzene rings is 1. The minimum Gasteiger partial charge on any atom is -0.343 e. The van der Waals surface area contributed by atoms with Crippen LogP contribution in [0.2, 0.25) is 0 Å². The van der Waals surface area contributed by atoms with Crippen molar-refractivity contribution in [2.24, 2.45) is 0 Å². The average Bonchev–Trinajstić information content (AvgIpc) is 3.64. The van der Waals surface area contributed by atoms with Gasteiger partial charge in [-0.15, -0.1) is 12.1 Å². The maximum Gasteiger partial charge on any atom is 2.00 e. The zero-order chi connectivity index (χ0) is 31.1. The summed E-state index contributed by atoms with van der Waals surface area (Å²) in [5.74, 6) is 0.774. The molecule has 4 aromatic heterocycles. The van der Waals surface area contributed by atoms with Crippen LogP contribution in [0.4, 0.5) is 43.7 Å². The number of halogens is 6. The molecule has 0 saturated carbocycles. The van der Waals surface area contributed by atoms with Gasteiger partial charge in [0.15, 0.2) is 0 Å². The van der Waals surface area contributed by atoms with Crippen LogP contribution in [0.3, 0.4) is 0 Å². The SMILES string of the molecule is CC(C)c1cccc(C(C)C)c1N(c1cccc(-n2[c-]cc(C(F)(F)F)n2)n1)c1cccc(-n2[c-]cc(C(F)(F)F)n2)n1.[Pt+2]. The molecule has 0 aliphatic rings. The van der Waals surface area contributed by atoms with E-state index in [4.69, 9.17) is 0 Å². The normalized spacial score (nSPS) is 12.1. The number of hydrogen-bond acceptors (Lipinski definition) is 5. The van der Waals surface area contributed by atoms with Gasteiger partial charge in [-0.25, -0.2) is 0 Å². The van der Waals surface area contributed by atoms with Gasteiger partial charge in [0.1, 0.15) is 11.6 Å². The van der Waals surface area contributed by atoms with Gasteiger partial charge in [0.05, 0.1) is 28.7 Å². The Morgan fingerprint density at radius 2 is 1.02 bits per heavy atom. The number of aromatic nitrogens is 6. The summed E-state index contributed by atoms with van der Waals surface area (Å²) < 4.78 is 81.3. The predicted octanol–water partition coefficient (Wildman–Crippen LogP) is 8.20. The Kier molecular flexibility index (Phi) is 9.39. The van der Waals surface area contributed by atoms with Crippen LogP contribution in [-0.2, 0) is 33.4 Å². The topological polar surface area (TPSA) is 64.7 Å². The van der Waals surface area contributed by atoms with Crippen LogP contribution in [0.15, 0.2) is 66.7 Å². The van der Waals surface area contributed by atoms with E-state index in [1.165, 1.54) is 12.1 Å². The monoisotopic (exact) mass is 792 g/mol. The fraction of sp³-hybridized carbons (Fsp3) is 0.267. The second-order valence-corrected chi connectivity index (χ2v) is 10.3. The van der Waals surface area contributed by atoms with Gasteiger partial charge in [-0.05, 0) is 35.1 Å². The Bertz CT molecular complexity index is 1620. The van der Waals surface area contributed by atoms with Crippen LogP contribution in [0.25, 0.3) is 11.6 Å². The zero-order valence-electron chi connectivity index (χ0n) is 23.7. The quantitative estimate of drug-likeness (QED) is 0.123. The summed E-state index contributed by atoms with van der Waals surface area (Å²) in [4.78, 5) is 11.0. The number of rotatable bonds is 7. The molecule has 7 nitrogen and oxygen atoms in total. The van der Waals surface area contributed by atoms with Gasteiger partial charge in [0.25, 0.3) is 0 Å². The minimum absolute atomic E-state index is 0. The largest absolute Gasteiger partial charge is 2.00 e. The van der Waals surface area contributed by atoms with Crippen molar-refractivity contribution in [1.82, 2.24) is 29.5 Å². The summed E-state index contributed by atoms with van der Waals surface area (Å²) in [5, 5.41) is 7.19. The van der Waals surface area contributed by atoms with Crippen LogP contribution in [-0.4, -0.2) is 29.5 Å². The Balaban J connectivity index is 0.00000442. The fourth-order valence-corrected chi connectivity index (χ4v) is 4.51.